The molecule has 3 aromatic carbocycles. The van der Waals surface area contributed by atoms with Crippen molar-refractivity contribution in [2.45, 2.75) is 25.2 Å². The summed E-state index contributed by atoms with van der Waals surface area (Å²) in [7, 11) is 5.09. The molecular formula is C25H28O3. The Morgan fingerprint density at radius 2 is 0.857 bits per heavy atom. The molecule has 3 rings (SSSR count). The number of ether oxygens (including phenoxy) is 3. The molecule has 0 aromatic heterocycles. The molecule has 0 bridgehead atoms. The van der Waals surface area contributed by atoms with Gasteiger partial charge in [-0.25, -0.2) is 0 Å². The number of hydrogen-bond donors (Lipinski definition) is 0. The molecule has 0 aliphatic carbocycles. The molecule has 28 heavy (non-hydrogen) atoms. The third-order valence-electron chi connectivity index (χ3n) is 5.31. The molecule has 0 radical (unpaired) electrons. The third-order valence-corrected chi connectivity index (χ3v) is 5.31. The van der Waals surface area contributed by atoms with E-state index in [1.54, 1.807) is 21.3 Å². The van der Waals surface area contributed by atoms with Crippen LogP contribution in [0.2, 0.25) is 0 Å². The van der Waals surface area contributed by atoms with Gasteiger partial charge in [0.2, 0.25) is 0 Å². The molecule has 3 heteroatoms. The Morgan fingerprint density at radius 1 is 0.536 bits per heavy atom. The Bertz CT molecular complexity index is 804. The van der Waals surface area contributed by atoms with E-state index in [0.717, 1.165) is 23.7 Å². The molecule has 0 heterocycles. The minimum atomic E-state index is 0.286. The second-order valence-electron chi connectivity index (χ2n) is 7.01. The smallest absolute Gasteiger partial charge is 0.118 e. The molecule has 1 atom stereocenters. The molecule has 0 amide bonds. The molecule has 0 N–H and O–H groups in total. The van der Waals surface area contributed by atoms with E-state index >= 15 is 0 Å². The van der Waals surface area contributed by atoms with E-state index in [4.69, 9.17) is 14.2 Å². The van der Waals surface area contributed by atoms with Gasteiger partial charge in [0.05, 0.1) is 21.3 Å². The Morgan fingerprint density at radius 3 is 1.18 bits per heavy atom. The summed E-state index contributed by atoms with van der Waals surface area (Å²) in [5.74, 6) is 3.33. The van der Waals surface area contributed by atoms with Gasteiger partial charge in [0.25, 0.3) is 0 Å². The predicted molar refractivity (Wildman–Crippen MR) is 114 cm³/mol. The molecule has 0 spiro atoms. The maximum atomic E-state index is 5.33. The summed E-state index contributed by atoms with van der Waals surface area (Å²) in [4.78, 5) is 0. The Kier molecular flexibility index (Phi) is 6.59. The summed E-state index contributed by atoms with van der Waals surface area (Å²) < 4.78 is 15.9. The Labute approximate surface area is 167 Å². The van der Waals surface area contributed by atoms with Crippen LogP contribution in [-0.2, 0) is 0 Å². The van der Waals surface area contributed by atoms with Crippen molar-refractivity contribution in [3.8, 4) is 17.2 Å². The van der Waals surface area contributed by atoms with Crippen LogP contribution in [0.4, 0.5) is 0 Å². The highest BCUT2D eigenvalue weighted by Gasteiger charge is 2.19. The largest absolute Gasteiger partial charge is 0.497 e. The number of methoxy groups -OCH3 is 3. The van der Waals surface area contributed by atoms with Gasteiger partial charge in [-0.15, -0.1) is 0 Å². The molecule has 0 saturated heterocycles. The normalized spacial score (nSPS) is 11.9. The van der Waals surface area contributed by atoms with Crippen LogP contribution in [0.15, 0.2) is 72.8 Å². The lowest BCUT2D eigenvalue weighted by molar-refractivity contribution is 0.414. The fraction of sp³-hybridized carbons (Fsp3) is 0.280. The SMILES string of the molecule is COc1ccc(C(C)CC(c2ccc(OC)cc2)c2ccc(OC)cc2)cc1. The van der Waals surface area contributed by atoms with E-state index in [-0.39, 0.29) is 5.92 Å². The quantitative estimate of drug-likeness (QED) is 0.480. The van der Waals surface area contributed by atoms with Crippen molar-refractivity contribution in [2.24, 2.45) is 0 Å². The fourth-order valence-corrected chi connectivity index (χ4v) is 3.56. The molecular weight excluding hydrogens is 348 g/mol. The number of rotatable bonds is 8. The molecule has 1 unspecified atom stereocenters. The first-order valence-electron chi connectivity index (χ1n) is 9.56. The molecule has 3 nitrogen and oxygen atoms in total. The van der Waals surface area contributed by atoms with Crippen LogP contribution in [0.1, 0.15) is 41.9 Å². The van der Waals surface area contributed by atoms with Crippen LogP contribution in [-0.4, -0.2) is 21.3 Å². The average Bonchev–Trinajstić information content (AvgIpc) is 2.77. The van der Waals surface area contributed by atoms with E-state index in [0.29, 0.717) is 5.92 Å². The van der Waals surface area contributed by atoms with Crippen molar-refractivity contribution < 1.29 is 14.2 Å². The zero-order chi connectivity index (χ0) is 19.9. The van der Waals surface area contributed by atoms with Gasteiger partial charge in [-0.3, -0.25) is 0 Å². The van der Waals surface area contributed by atoms with Crippen LogP contribution in [0, 0.1) is 0 Å². The zero-order valence-electron chi connectivity index (χ0n) is 17.0. The Balaban J connectivity index is 1.89. The molecule has 0 saturated carbocycles. The highest BCUT2D eigenvalue weighted by Crippen LogP contribution is 2.36. The fourth-order valence-electron chi connectivity index (χ4n) is 3.56. The van der Waals surface area contributed by atoms with Crippen LogP contribution in [0.3, 0.4) is 0 Å². The lowest BCUT2D eigenvalue weighted by Crippen LogP contribution is -2.06. The van der Waals surface area contributed by atoms with Crippen LogP contribution < -0.4 is 14.2 Å². The topological polar surface area (TPSA) is 27.7 Å². The second kappa shape index (κ2) is 9.32. The highest BCUT2D eigenvalue weighted by atomic mass is 16.5. The average molecular weight is 376 g/mol. The standard InChI is InChI=1S/C25H28O3/c1-18(19-5-11-22(26-2)12-6-19)17-25(20-7-13-23(27-3)14-8-20)21-9-15-24(28-4)16-10-21/h5-16,18,25H,17H2,1-4H3. The first-order valence-corrected chi connectivity index (χ1v) is 9.56. The van der Waals surface area contributed by atoms with Crippen molar-refractivity contribution >= 4 is 0 Å². The van der Waals surface area contributed by atoms with Crippen molar-refractivity contribution in [3.05, 3.63) is 89.5 Å². The van der Waals surface area contributed by atoms with Crippen molar-refractivity contribution in [3.63, 3.8) is 0 Å². The maximum Gasteiger partial charge on any atom is 0.118 e. The Hall–Kier alpha value is -2.94. The van der Waals surface area contributed by atoms with Gasteiger partial charge < -0.3 is 14.2 Å². The van der Waals surface area contributed by atoms with Crippen molar-refractivity contribution in [2.75, 3.05) is 21.3 Å². The van der Waals surface area contributed by atoms with Gasteiger partial charge in [-0.2, -0.15) is 0 Å². The first-order chi connectivity index (χ1) is 13.6. The van der Waals surface area contributed by atoms with E-state index < -0.39 is 0 Å². The summed E-state index contributed by atoms with van der Waals surface area (Å²) in [6.07, 6.45) is 1.00. The lowest BCUT2D eigenvalue weighted by atomic mass is 9.82. The van der Waals surface area contributed by atoms with Gasteiger partial charge in [-0.1, -0.05) is 43.3 Å². The van der Waals surface area contributed by atoms with Gasteiger partial charge in [0.15, 0.2) is 0 Å². The van der Waals surface area contributed by atoms with Crippen molar-refractivity contribution in [1.29, 1.82) is 0 Å². The molecule has 0 aliphatic heterocycles. The molecule has 146 valence electrons. The lowest BCUT2D eigenvalue weighted by Gasteiger charge is -2.23. The number of hydrogen-bond acceptors (Lipinski definition) is 3. The van der Waals surface area contributed by atoms with Crippen LogP contribution in [0.5, 0.6) is 17.2 Å². The first kappa shape index (κ1) is 19.8. The highest BCUT2D eigenvalue weighted by molar-refractivity contribution is 5.39. The molecule has 0 aliphatic rings. The van der Waals surface area contributed by atoms with Crippen molar-refractivity contribution in [1.82, 2.24) is 0 Å². The maximum absolute atomic E-state index is 5.33. The minimum absolute atomic E-state index is 0.286. The van der Waals surface area contributed by atoms with Gasteiger partial charge >= 0.3 is 0 Å². The molecule has 3 aromatic rings. The zero-order valence-corrected chi connectivity index (χ0v) is 17.0. The van der Waals surface area contributed by atoms with E-state index in [1.165, 1.54) is 16.7 Å². The van der Waals surface area contributed by atoms with Gasteiger partial charge in [-0.05, 0) is 65.4 Å². The van der Waals surface area contributed by atoms with E-state index in [1.807, 2.05) is 36.4 Å². The summed E-state index contributed by atoms with van der Waals surface area (Å²) in [5, 5.41) is 0. The monoisotopic (exact) mass is 376 g/mol. The summed E-state index contributed by atoms with van der Waals surface area (Å²) in [6, 6.07) is 25.1. The van der Waals surface area contributed by atoms with E-state index in [9.17, 15) is 0 Å². The van der Waals surface area contributed by atoms with Crippen LogP contribution >= 0.6 is 0 Å². The number of benzene rings is 3. The summed E-state index contributed by atoms with van der Waals surface area (Å²) in [6.45, 7) is 2.28. The predicted octanol–water partition coefficient (Wildman–Crippen LogP) is 6.04. The van der Waals surface area contributed by atoms with Gasteiger partial charge in [0, 0.05) is 5.92 Å². The second-order valence-corrected chi connectivity index (χ2v) is 7.01. The van der Waals surface area contributed by atoms with E-state index in [2.05, 4.69) is 43.3 Å². The minimum Gasteiger partial charge on any atom is -0.497 e. The van der Waals surface area contributed by atoms with Crippen LogP contribution in [0.25, 0.3) is 0 Å². The summed E-state index contributed by atoms with van der Waals surface area (Å²) >= 11 is 0. The van der Waals surface area contributed by atoms with Gasteiger partial charge in [0.1, 0.15) is 17.2 Å². The third kappa shape index (κ3) is 4.66. The molecule has 0 fully saturated rings. The summed E-state index contributed by atoms with van der Waals surface area (Å²) in [5.41, 5.74) is 3.88.